The van der Waals surface area contributed by atoms with Crippen molar-refractivity contribution in [1.82, 2.24) is 0 Å². The summed E-state index contributed by atoms with van der Waals surface area (Å²) in [6, 6.07) is 9.16. The Labute approximate surface area is 139 Å². The van der Waals surface area contributed by atoms with Gasteiger partial charge in [0.25, 0.3) is 0 Å². The number of benzene rings is 2. The van der Waals surface area contributed by atoms with Gasteiger partial charge in [-0.1, -0.05) is 49.2 Å². The molecule has 0 aliphatic rings. The standard InChI is InChI=1S/C16H16Cl2N2O2/c1-9(2)10-6-7-12(14(21)8-10)20(16(19)22)13-5-3-4-11(17)15(13)18/h3-9,21H,1-2H3,(H2,19,22). The first-order valence-electron chi connectivity index (χ1n) is 6.69. The molecule has 2 rings (SSSR count). The van der Waals surface area contributed by atoms with Gasteiger partial charge in [0, 0.05) is 0 Å². The smallest absolute Gasteiger partial charge is 0.324 e. The van der Waals surface area contributed by atoms with E-state index in [1.807, 2.05) is 19.9 Å². The van der Waals surface area contributed by atoms with E-state index < -0.39 is 6.03 Å². The average Bonchev–Trinajstić information content (AvgIpc) is 2.44. The molecule has 0 heterocycles. The van der Waals surface area contributed by atoms with Gasteiger partial charge in [-0.2, -0.15) is 0 Å². The molecule has 6 heteroatoms. The summed E-state index contributed by atoms with van der Waals surface area (Å²) >= 11 is 12.1. The number of hydrogen-bond donors (Lipinski definition) is 2. The zero-order chi connectivity index (χ0) is 16.4. The molecule has 0 aliphatic heterocycles. The quantitative estimate of drug-likeness (QED) is 0.823. The van der Waals surface area contributed by atoms with E-state index in [9.17, 15) is 9.90 Å². The molecule has 0 spiro atoms. The number of aromatic hydroxyl groups is 1. The van der Waals surface area contributed by atoms with E-state index >= 15 is 0 Å². The Kier molecular flexibility index (Phi) is 4.84. The number of carbonyl (C=O) groups excluding carboxylic acids is 1. The van der Waals surface area contributed by atoms with Crippen LogP contribution >= 0.6 is 23.2 Å². The van der Waals surface area contributed by atoms with Crippen LogP contribution < -0.4 is 10.6 Å². The summed E-state index contributed by atoms with van der Waals surface area (Å²) in [6.07, 6.45) is 0. The molecule has 116 valence electrons. The van der Waals surface area contributed by atoms with Crippen LogP contribution in [0.3, 0.4) is 0 Å². The largest absolute Gasteiger partial charge is 0.506 e. The molecule has 0 saturated heterocycles. The van der Waals surface area contributed by atoms with E-state index in [0.717, 1.165) is 10.5 Å². The van der Waals surface area contributed by atoms with Crippen LogP contribution in [0.25, 0.3) is 0 Å². The molecule has 0 atom stereocenters. The van der Waals surface area contributed by atoms with E-state index in [4.69, 9.17) is 28.9 Å². The van der Waals surface area contributed by atoms with E-state index in [1.54, 1.807) is 30.3 Å². The van der Waals surface area contributed by atoms with Crippen LogP contribution in [0.4, 0.5) is 16.2 Å². The Bertz CT molecular complexity index is 717. The minimum Gasteiger partial charge on any atom is -0.506 e. The molecule has 22 heavy (non-hydrogen) atoms. The molecular weight excluding hydrogens is 323 g/mol. The lowest BCUT2D eigenvalue weighted by Gasteiger charge is -2.23. The van der Waals surface area contributed by atoms with Crippen LogP contribution in [0.2, 0.25) is 10.0 Å². The zero-order valence-corrected chi connectivity index (χ0v) is 13.7. The predicted molar refractivity (Wildman–Crippen MR) is 90.4 cm³/mol. The van der Waals surface area contributed by atoms with Gasteiger partial charge in [-0.25, -0.2) is 4.79 Å². The Balaban J connectivity index is 2.59. The van der Waals surface area contributed by atoms with E-state index in [1.165, 1.54) is 0 Å². The van der Waals surface area contributed by atoms with Crippen LogP contribution in [-0.4, -0.2) is 11.1 Å². The van der Waals surface area contributed by atoms with Gasteiger partial charge < -0.3 is 10.8 Å². The fourth-order valence-corrected chi connectivity index (χ4v) is 2.50. The minimum atomic E-state index is -0.767. The number of rotatable bonds is 3. The first-order chi connectivity index (χ1) is 10.3. The third kappa shape index (κ3) is 3.13. The second-order valence-electron chi connectivity index (χ2n) is 5.15. The van der Waals surface area contributed by atoms with E-state index in [2.05, 4.69) is 0 Å². The van der Waals surface area contributed by atoms with Crippen molar-refractivity contribution in [2.24, 2.45) is 5.73 Å². The molecule has 2 aromatic carbocycles. The number of phenols is 1. The summed E-state index contributed by atoms with van der Waals surface area (Å²) < 4.78 is 0. The fraction of sp³-hybridized carbons (Fsp3) is 0.188. The summed E-state index contributed by atoms with van der Waals surface area (Å²) in [6.45, 7) is 4.02. The van der Waals surface area contributed by atoms with Crippen molar-refractivity contribution in [2.45, 2.75) is 19.8 Å². The van der Waals surface area contributed by atoms with Crippen molar-refractivity contribution in [3.8, 4) is 5.75 Å². The molecule has 0 radical (unpaired) electrons. The summed E-state index contributed by atoms with van der Waals surface area (Å²) in [4.78, 5) is 13.0. The van der Waals surface area contributed by atoms with Crippen LogP contribution in [0, 0.1) is 0 Å². The van der Waals surface area contributed by atoms with Crippen LogP contribution in [-0.2, 0) is 0 Å². The number of anilines is 2. The Morgan fingerprint density at radius 1 is 1.18 bits per heavy atom. The molecule has 0 unspecified atom stereocenters. The maximum Gasteiger partial charge on any atom is 0.324 e. The molecule has 4 nitrogen and oxygen atoms in total. The number of hydrogen-bond acceptors (Lipinski definition) is 2. The Morgan fingerprint density at radius 3 is 2.41 bits per heavy atom. The van der Waals surface area contributed by atoms with Gasteiger partial charge in [-0.05, 0) is 35.7 Å². The molecular formula is C16H16Cl2N2O2. The van der Waals surface area contributed by atoms with Gasteiger partial charge in [0.05, 0.1) is 21.4 Å². The van der Waals surface area contributed by atoms with Crippen LogP contribution in [0.5, 0.6) is 5.75 Å². The first-order valence-corrected chi connectivity index (χ1v) is 7.45. The predicted octanol–water partition coefficient (Wildman–Crippen LogP) is 5.04. The van der Waals surface area contributed by atoms with Crippen molar-refractivity contribution in [3.63, 3.8) is 0 Å². The summed E-state index contributed by atoms with van der Waals surface area (Å²) in [5.74, 6) is 0.192. The van der Waals surface area contributed by atoms with E-state index in [-0.39, 0.29) is 22.4 Å². The monoisotopic (exact) mass is 338 g/mol. The number of phenolic OH excluding ortho intramolecular Hbond substituents is 1. The lowest BCUT2D eigenvalue weighted by atomic mass is 10.0. The number of carbonyl (C=O) groups is 1. The molecule has 0 fully saturated rings. The highest BCUT2D eigenvalue weighted by Gasteiger charge is 2.22. The van der Waals surface area contributed by atoms with Crippen LogP contribution in [0.15, 0.2) is 36.4 Å². The van der Waals surface area contributed by atoms with Crippen LogP contribution in [0.1, 0.15) is 25.3 Å². The van der Waals surface area contributed by atoms with E-state index in [0.29, 0.717) is 10.7 Å². The topological polar surface area (TPSA) is 66.6 Å². The number of nitrogens with zero attached hydrogens (tertiary/aromatic N) is 1. The molecule has 2 amide bonds. The highest BCUT2D eigenvalue weighted by molar-refractivity contribution is 6.44. The number of halogens is 2. The summed E-state index contributed by atoms with van der Waals surface area (Å²) in [5.41, 5.74) is 6.97. The second-order valence-corrected chi connectivity index (χ2v) is 5.93. The van der Waals surface area contributed by atoms with Crippen molar-refractivity contribution in [3.05, 3.63) is 52.0 Å². The maximum atomic E-state index is 11.9. The SMILES string of the molecule is CC(C)c1ccc(N(C(N)=O)c2cccc(Cl)c2Cl)c(O)c1. The molecule has 0 aliphatic carbocycles. The van der Waals surface area contributed by atoms with Gasteiger partial charge in [-0.3, -0.25) is 4.90 Å². The second kappa shape index (κ2) is 6.46. The maximum absolute atomic E-state index is 11.9. The van der Waals surface area contributed by atoms with Crippen molar-refractivity contribution < 1.29 is 9.90 Å². The molecule has 2 aromatic rings. The Hall–Kier alpha value is -1.91. The van der Waals surface area contributed by atoms with Gasteiger partial charge in [-0.15, -0.1) is 0 Å². The van der Waals surface area contributed by atoms with Crippen molar-refractivity contribution in [2.75, 3.05) is 4.90 Å². The Morgan fingerprint density at radius 2 is 1.86 bits per heavy atom. The minimum absolute atomic E-state index is 0.0546. The normalized spacial score (nSPS) is 10.8. The van der Waals surface area contributed by atoms with Gasteiger partial charge >= 0.3 is 6.03 Å². The number of nitrogens with two attached hydrogens (primary N) is 1. The molecule has 0 aromatic heterocycles. The summed E-state index contributed by atoms with van der Waals surface area (Å²) in [7, 11) is 0. The number of amides is 2. The van der Waals surface area contributed by atoms with Gasteiger partial charge in [0.15, 0.2) is 0 Å². The number of urea groups is 1. The highest BCUT2D eigenvalue weighted by Crippen LogP contribution is 2.40. The van der Waals surface area contributed by atoms with Crippen molar-refractivity contribution >= 4 is 40.6 Å². The lowest BCUT2D eigenvalue weighted by molar-refractivity contribution is 0.256. The number of primary amides is 1. The van der Waals surface area contributed by atoms with Gasteiger partial charge in [0.2, 0.25) is 0 Å². The highest BCUT2D eigenvalue weighted by atomic mass is 35.5. The molecule has 3 N–H and O–H groups in total. The molecule has 0 saturated carbocycles. The van der Waals surface area contributed by atoms with Crippen molar-refractivity contribution in [1.29, 1.82) is 0 Å². The van der Waals surface area contributed by atoms with Gasteiger partial charge in [0.1, 0.15) is 5.75 Å². The third-order valence-corrected chi connectivity index (χ3v) is 4.11. The fourth-order valence-electron chi connectivity index (χ4n) is 2.12. The summed E-state index contributed by atoms with van der Waals surface area (Å²) in [5, 5.41) is 10.7. The lowest BCUT2D eigenvalue weighted by Crippen LogP contribution is -2.31. The average molecular weight is 339 g/mol. The third-order valence-electron chi connectivity index (χ3n) is 3.30. The molecule has 0 bridgehead atoms. The zero-order valence-electron chi connectivity index (χ0n) is 12.2. The first kappa shape index (κ1) is 16.5.